The van der Waals surface area contributed by atoms with E-state index in [1.54, 1.807) is 0 Å². The summed E-state index contributed by atoms with van der Waals surface area (Å²) in [5, 5.41) is 0.834. The number of esters is 1. The molecule has 1 N–H and O–H groups in total. The van der Waals surface area contributed by atoms with Crippen molar-refractivity contribution >= 4 is 28.8 Å². The highest BCUT2D eigenvalue weighted by Crippen LogP contribution is 2.18. The molecule has 4 nitrogen and oxygen atoms in total. The van der Waals surface area contributed by atoms with E-state index in [2.05, 4.69) is 16.5 Å². The van der Waals surface area contributed by atoms with Crippen LogP contribution in [0.3, 0.4) is 0 Å². The first-order valence-corrected chi connectivity index (χ1v) is 6.15. The van der Waals surface area contributed by atoms with E-state index in [0.717, 1.165) is 22.3 Å². The van der Waals surface area contributed by atoms with Crippen molar-refractivity contribution in [3.05, 3.63) is 36.9 Å². The number of thioether (sulfide) groups is 1. The molecule has 0 amide bonds. The summed E-state index contributed by atoms with van der Waals surface area (Å²) in [6.07, 6.45) is 1.16. The highest BCUT2D eigenvalue weighted by molar-refractivity contribution is 7.99. The van der Waals surface area contributed by atoms with Gasteiger partial charge in [-0.2, -0.15) is 0 Å². The van der Waals surface area contributed by atoms with Crippen molar-refractivity contribution < 1.29 is 9.53 Å². The molecule has 0 atom stereocenters. The first-order chi connectivity index (χ1) is 8.29. The SMILES string of the molecule is C=CC(=O)OCCSc1nc2ccccc2[nH]1. The predicted octanol–water partition coefficient (Wildman–Crippen LogP) is 2.38. The second kappa shape index (κ2) is 5.54. The molecule has 0 aliphatic rings. The summed E-state index contributed by atoms with van der Waals surface area (Å²) in [4.78, 5) is 18.4. The number of ether oxygens (including phenoxy) is 1. The van der Waals surface area contributed by atoms with Gasteiger partial charge in [0.25, 0.3) is 0 Å². The molecule has 0 spiro atoms. The van der Waals surface area contributed by atoms with Gasteiger partial charge in [0.1, 0.15) is 6.61 Å². The van der Waals surface area contributed by atoms with Crippen LogP contribution in [0.1, 0.15) is 0 Å². The molecule has 0 aliphatic heterocycles. The third-order valence-corrected chi connectivity index (χ3v) is 2.94. The third-order valence-electron chi connectivity index (χ3n) is 2.10. The number of carbonyl (C=O) groups is 1. The van der Waals surface area contributed by atoms with Gasteiger partial charge in [0.05, 0.1) is 11.0 Å². The molecule has 0 saturated carbocycles. The summed E-state index contributed by atoms with van der Waals surface area (Å²) in [6, 6.07) is 7.84. The van der Waals surface area contributed by atoms with E-state index in [1.807, 2.05) is 24.3 Å². The van der Waals surface area contributed by atoms with Crippen LogP contribution in [0.5, 0.6) is 0 Å². The zero-order chi connectivity index (χ0) is 12.1. The Morgan fingerprint density at radius 1 is 1.53 bits per heavy atom. The number of para-hydroxylation sites is 2. The van der Waals surface area contributed by atoms with Crippen LogP contribution < -0.4 is 0 Å². The lowest BCUT2D eigenvalue weighted by Gasteiger charge is -1.99. The summed E-state index contributed by atoms with van der Waals surface area (Å²) in [6.45, 7) is 3.68. The van der Waals surface area contributed by atoms with Crippen molar-refractivity contribution in [3.8, 4) is 0 Å². The van der Waals surface area contributed by atoms with Gasteiger partial charge in [-0.25, -0.2) is 9.78 Å². The van der Waals surface area contributed by atoms with Crippen LogP contribution in [0.15, 0.2) is 42.1 Å². The summed E-state index contributed by atoms with van der Waals surface area (Å²) >= 11 is 1.52. The number of fused-ring (bicyclic) bond motifs is 1. The second-order valence-electron chi connectivity index (χ2n) is 3.28. The largest absolute Gasteiger partial charge is 0.462 e. The van der Waals surface area contributed by atoms with E-state index < -0.39 is 5.97 Å². The number of aromatic nitrogens is 2. The molecule has 2 aromatic rings. The molecule has 2 rings (SSSR count). The monoisotopic (exact) mass is 248 g/mol. The van der Waals surface area contributed by atoms with Gasteiger partial charge in [0, 0.05) is 11.8 Å². The lowest BCUT2D eigenvalue weighted by molar-refractivity contribution is -0.137. The molecule has 17 heavy (non-hydrogen) atoms. The lowest BCUT2D eigenvalue weighted by atomic mass is 10.3. The quantitative estimate of drug-likeness (QED) is 0.382. The van der Waals surface area contributed by atoms with E-state index in [4.69, 9.17) is 4.74 Å². The van der Waals surface area contributed by atoms with Crippen LogP contribution in [0.4, 0.5) is 0 Å². The molecule has 0 unspecified atom stereocenters. The third kappa shape index (κ3) is 3.10. The Kier molecular flexibility index (Phi) is 3.82. The van der Waals surface area contributed by atoms with Crippen LogP contribution in [-0.2, 0) is 9.53 Å². The number of nitrogens with zero attached hydrogens (tertiary/aromatic N) is 1. The molecule has 5 heteroatoms. The second-order valence-corrected chi connectivity index (χ2v) is 4.36. The summed E-state index contributed by atoms with van der Waals surface area (Å²) in [7, 11) is 0. The summed E-state index contributed by atoms with van der Waals surface area (Å²) in [5.74, 6) is 0.273. The lowest BCUT2D eigenvalue weighted by Crippen LogP contribution is -2.03. The number of aromatic amines is 1. The van der Waals surface area contributed by atoms with Crippen LogP contribution >= 0.6 is 11.8 Å². The molecule has 88 valence electrons. The summed E-state index contributed by atoms with van der Waals surface area (Å²) < 4.78 is 4.87. The average Bonchev–Trinajstić information content (AvgIpc) is 2.76. The number of rotatable bonds is 5. The Morgan fingerprint density at radius 2 is 2.35 bits per heavy atom. The van der Waals surface area contributed by atoms with Crippen molar-refractivity contribution in [2.75, 3.05) is 12.4 Å². The van der Waals surface area contributed by atoms with Crippen LogP contribution in [0.25, 0.3) is 11.0 Å². The molecular formula is C12H12N2O2S. The van der Waals surface area contributed by atoms with Gasteiger partial charge < -0.3 is 9.72 Å². The minimum absolute atomic E-state index is 0.354. The Labute approximate surface area is 103 Å². The number of hydrogen-bond acceptors (Lipinski definition) is 4. The van der Waals surface area contributed by atoms with Crippen molar-refractivity contribution in [2.24, 2.45) is 0 Å². The van der Waals surface area contributed by atoms with Gasteiger partial charge in [-0.15, -0.1) is 0 Å². The summed E-state index contributed by atoms with van der Waals surface area (Å²) in [5.41, 5.74) is 1.95. The highest BCUT2D eigenvalue weighted by Gasteiger charge is 2.02. The van der Waals surface area contributed by atoms with Gasteiger partial charge in [0.15, 0.2) is 5.16 Å². The fraction of sp³-hybridized carbons (Fsp3) is 0.167. The van der Waals surface area contributed by atoms with Crippen molar-refractivity contribution in [3.63, 3.8) is 0 Å². The smallest absolute Gasteiger partial charge is 0.330 e. The fourth-order valence-electron chi connectivity index (χ4n) is 1.34. The van der Waals surface area contributed by atoms with Crippen molar-refractivity contribution in [1.29, 1.82) is 0 Å². The van der Waals surface area contributed by atoms with Gasteiger partial charge in [0.2, 0.25) is 0 Å². The highest BCUT2D eigenvalue weighted by atomic mass is 32.2. The maximum atomic E-state index is 10.8. The van der Waals surface area contributed by atoms with Gasteiger partial charge in [-0.3, -0.25) is 0 Å². The number of hydrogen-bond donors (Lipinski definition) is 1. The minimum Gasteiger partial charge on any atom is -0.462 e. The first-order valence-electron chi connectivity index (χ1n) is 5.16. The molecule has 0 bridgehead atoms. The predicted molar refractivity (Wildman–Crippen MR) is 68.0 cm³/mol. The van der Waals surface area contributed by atoms with Crippen LogP contribution in [0.2, 0.25) is 0 Å². The molecule has 0 fully saturated rings. The zero-order valence-corrected chi connectivity index (χ0v) is 10.00. The Balaban J connectivity index is 1.87. The number of imidazole rings is 1. The van der Waals surface area contributed by atoms with Gasteiger partial charge >= 0.3 is 5.97 Å². The number of carbonyl (C=O) groups excluding carboxylic acids is 1. The number of H-pyrrole nitrogens is 1. The number of benzene rings is 1. The fourth-order valence-corrected chi connectivity index (χ4v) is 2.04. The molecule has 0 aliphatic carbocycles. The molecule has 0 saturated heterocycles. The minimum atomic E-state index is -0.393. The average molecular weight is 248 g/mol. The maximum Gasteiger partial charge on any atom is 0.330 e. The molecule has 1 heterocycles. The van der Waals surface area contributed by atoms with E-state index in [-0.39, 0.29) is 0 Å². The van der Waals surface area contributed by atoms with Crippen molar-refractivity contribution in [1.82, 2.24) is 9.97 Å². The molecule has 0 radical (unpaired) electrons. The first kappa shape index (κ1) is 11.7. The maximum absolute atomic E-state index is 10.8. The Morgan fingerprint density at radius 3 is 3.12 bits per heavy atom. The molecule has 1 aromatic carbocycles. The topological polar surface area (TPSA) is 55.0 Å². The van der Waals surface area contributed by atoms with E-state index in [1.165, 1.54) is 11.8 Å². The van der Waals surface area contributed by atoms with E-state index >= 15 is 0 Å². The van der Waals surface area contributed by atoms with Crippen LogP contribution in [-0.4, -0.2) is 28.3 Å². The van der Waals surface area contributed by atoms with Crippen molar-refractivity contribution in [2.45, 2.75) is 5.16 Å². The van der Waals surface area contributed by atoms with E-state index in [9.17, 15) is 4.79 Å². The molecule has 1 aromatic heterocycles. The zero-order valence-electron chi connectivity index (χ0n) is 9.18. The molecular weight excluding hydrogens is 236 g/mol. The Bertz CT molecular complexity index is 503. The normalized spacial score (nSPS) is 10.4. The van der Waals surface area contributed by atoms with Gasteiger partial charge in [-0.1, -0.05) is 30.5 Å². The van der Waals surface area contributed by atoms with E-state index in [0.29, 0.717) is 12.4 Å². The Hall–Kier alpha value is -1.75. The standard InChI is InChI=1S/C12H12N2O2S/c1-2-11(15)16-7-8-17-12-13-9-5-3-4-6-10(9)14-12/h2-6H,1,7-8H2,(H,13,14). The number of nitrogens with one attached hydrogen (secondary N) is 1. The van der Waals surface area contributed by atoms with Gasteiger partial charge in [-0.05, 0) is 12.1 Å². The van der Waals surface area contributed by atoms with Crippen LogP contribution in [0, 0.1) is 0 Å².